The Kier molecular flexibility index (Phi) is 5.33. The summed E-state index contributed by atoms with van der Waals surface area (Å²) in [6, 6.07) is 10.6. The Hall–Kier alpha value is -2.33. The number of carbonyl (C=O) groups is 1. The van der Waals surface area contributed by atoms with E-state index in [0.29, 0.717) is 5.56 Å². The van der Waals surface area contributed by atoms with Crippen LogP contribution in [-0.2, 0) is 0 Å². The first-order valence-electron chi connectivity index (χ1n) is 9.32. The van der Waals surface area contributed by atoms with E-state index < -0.39 is 5.91 Å². The van der Waals surface area contributed by atoms with E-state index in [-0.39, 0.29) is 12.1 Å². The highest BCUT2D eigenvalue weighted by Gasteiger charge is 2.21. The molecule has 1 aliphatic rings. The molecule has 4 nitrogen and oxygen atoms in total. The van der Waals surface area contributed by atoms with Crippen LogP contribution in [0.2, 0.25) is 0 Å². The maximum Gasteiger partial charge on any atom is 0.250 e. The molecule has 2 aromatic rings. The number of anilines is 1. The Labute approximate surface area is 155 Å². The Bertz CT molecular complexity index is 821. The molecule has 26 heavy (non-hydrogen) atoms. The van der Waals surface area contributed by atoms with Crippen molar-refractivity contribution in [1.29, 1.82) is 0 Å². The minimum Gasteiger partial charge on any atom is -0.393 e. The van der Waals surface area contributed by atoms with Crippen molar-refractivity contribution in [2.24, 2.45) is 5.73 Å². The Balaban J connectivity index is 1.97. The molecule has 0 aromatic heterocycles. The number of benzene rings is 2. The zero-order chi connectivity index (χ0) is 18.8. The van der Waals surface area contributed by atoms with E-state index in [1.165, 1.54) is 11.1 Å². The van der Waals surface area contributed by atoms with E-state index in [1.807, 2.05) is 12.1 Å². The largest absolute Gasteiger partial charge is 0.393 e. The van der Waals surface area contributed by atoms with E-state index >= 15 is 0 Å². The molecule has 0 unspecified atom stereocenters. The molecule has 1 fully saturated rings. The number of hydrogen-bond donors (Lipinski definition) is 3. The van der Waals surface area contributed by atoms with Gasteiger partial charge in [-0.3, -0.25) is 4.79 Å². The molecular formula is C22H28N2O2. The van der Waals surface area contributed by atoms with E-state index in [2.05, 4.69) is 44.3 Å². The van der Waals surface area contributed by atoms with Gasteiger partial charge in [0, 0.05) is 11.7 Å². The summed E-state index contributed by atoms with van der Waals surface area (Å²) < 4.78 is 0. The predicted octanol–water partition coefficient (Wildman–Crippen LogP) is 4.09. The number of aliphatic hydroxyl groups is 1. The summed E-state index contributed by atoms with van der Waals surface area (Å²) in [5, 5.41) is 13.2. The Morgan fingerprint density at radius 3 is 2.27 bits per heavy atom. The van der Waals surface area contributed by atoms with Gasteiger partial charge in [-0.1, -0.05) is 23.8 Å². The molecule has 4 heteroatoms. The number of carbonyl (C=O) groups excluding carboxylic acids is 1. The van der Waals surface area contributed by atoms with E-state index in [1.54, 1.807) is 0 Å². The second-order valence-corrected chi connectivity index (χ2v) is 7.55. The molecule has 138 valence electrons. The fraction of sp³-hybridized carbons (Fsp3) is 0.409. The third kappa shape index (κ3) is 3.91. The van der Waals surface area contributed by atoms with Gasteiger partial charge in [0.05, 0.1) is 11.7 Å². The fourth-order valence-corrected chi connectivity index (χ4v) is 3.88. The summed E-state index contributed by atoms with van der Waals surface area (Å²) in [5.41, 5.74) is 12.7. The fourth-order valence-electron chi connectivity index (χ4n) is 3.88. The number of rotatable bonds is 4. The van der Waals surface area contributed by atoms with E-state index in [9.17, 15) is 9.90 Å². The summed E-state index contributed by atoms with van der Waals surface area (Å²) in [6.45, 7) is 6.23. The monoisotopic (exact) mass is 352 g/mol. The van der Waals surface area contributed by atoms with Crippen LogP contribution in [0, 0.1) is 20.8 Å². The van der Waals surface area contributed by atoms with Gasteiger partial charge in [0.2, 0.25) is 0 Å². The second kappa shape index (κ2) is 7.50. The first-order valence-corrected chi connectivity index (χ1v) is 9.32. The van der Waals surface area contributed by atoms with E-state index in [4.69, 9.17) is 5.73 Å². The van der Waals surface area contributed by atoms with Crippen LogP contribution in [-0.4, -0.2) is 23.2 Å². The molecule has 0 aliphatic heterocycles. The van der Waals surface area contributed by atoms with Crippen LogP contribution in [0.25, 0.3) is 11.1 Å². The van der Waals surface area contributed by atoms with Crippen molar-refractivity contribution in [2.75, 3.05) is 5.32 Å². The minimum atomic E-state index is -0.422. The Morgan fingerprint density at radius 2 is 1.65 bits per heavy atom. The molecule has 4 N–H and O–H groups in total. The molecular weight excluding hydrogens is 324 g/mol. The van der Waals surface area contributed by atoms with Gasteiger partial charge in [-0.15, -0.1) is 0 Å². The lowest BCUT2D eigenvalue weighted by Crippen LogP contribution is -2.29. The third-order valence-corrected chi connectivity index (χ3v) is 5.36. The smallest absolute Gasteiger partial charge is 0.250 e. The molecule has 1 amide bonds. The topological polar surface area (TPSA) is 75.4 Å². The molecule has 0 bridgehead atoms. The van der Waals surface area contributed by atoms with Crippen molar-refractivity contribution in [3.63, 3.8) is 0 Å². The van der Waals surface area contributed by atoms with Crippen LogP contribution in [0.4, 0.5) is 5.69 Å². The van der Waals surface area contributed by atoms with Crippen LogP contribution in [0.3, 0.4) is 0 Å². The molecule has 0 saturated heterocycles. The summed E-state index contributed by atoms with van der Waals surface area (Å²) in [6.07, 6.45) is 3.19. The van der Waals surface area contributed by atoms with Crippen molar-refractivity contribution in [2.45, 2.75) is 58.6 Å². The zero-order valence-corrected chi connectivity index (χ0v) is 15.8. The summed E-state index contributed by atoms with van der Waals surface area (Å²) in [4.78, 5) is 12.1. The second-order valence-electron chi connectivity index (χ2n) is 7.55. The highest BCUT2D eigenvalue weighted by Crippen LogP contribution is 2.33. The normalized spacial score (nSPS) is 20.0. The first-order chi connectivity index (χ1) is 12.3. The number of aliphatic hydroxyl groups excluding tert-OH is 1. The number of aryl methyl sites for hydroxylation is 3. The van der Waals surface area contributed by atoms with Crippen molar-refractivity contribution >= 4 is 11.6 Å². The number of amides is 1. The lowest BCUT2D eigenvalue weighted by atomic mass is 9.91. The van der Waals surface area contributed by atoms with Crippen molar-refractivity contribution < 1.29 is 9.90 Å². The lowest BCUT2D eigenvalue weighted by Gasteiger charge is -2.28. The first kappa shape index (κ1) is 18.5. The van der Waals surface area contributed by atoms with Crippen molar-refractivity contribution in [3.05, 3.63) is 52.6 Å². The quantitative estimate of drug-likeness (QED) is 0.776. The van der Waals surface area contributed by atoms with Gasteiger partial charge in [-0.2, -0.15) is 0 Å². The van der Waals surface area contributed by atoms with Crippen LogP contribution in [0.5, 0.6) is 0 Å². The standard InChI is InChI=1S/C22H28N2O2/c1-13-4-9-18(14(2)10-13)19-12-20(22(23)26)21(11-15(19)3)24-16-5-7-17(25)8-6-16/h4,9-12,16-17,24-25H,5-8H2,1-3H3,(H2,23,26). The highest BCUT2D eigenvalue weighted by molar-refractivity contribution is 6.00. The molecule has 0 atom stereocenters. The SMILES string of the molecule is Cc1ccc(-c2cc(C(N)=O)c(NC3CCC(O)CC3)cc2C)c(C)c1. The molecule has 3 rings (SSSR count). The van der Waals surface area contributed by atoms with Crippen LogP contribution >= 0.6 is 0 Å². The highest BCUT2D eigenvalue weighted by atomic mass is 16.3. The average molecular weight is 352 g/mol. The molecule has 0 spiro atoms. The lowest BCUT2D eigenvalue weighted by molar-refractivity contribution is 0.100. The number of primary amides is 1. The van der Waals surface area contributed by atoms with Crippen molar-refractivity contribution in [3.8, 4) is 11.1 Å². The number of hydrogen-bond acceptors (Lipinski definition) is 3. The number of nitrogens with two attached hydrogens (primary N) is 1. The average Bonchev–Trinajstić information content (AvgIpc) is 2.57. The van der Waals surface area contributed by atoms with Gasteiger partial charge < -0.3 is 16.2 Å². The molecule has 2 aromatic carbocycles. The minimum absolute atomic E-state index is 0.197. The number of nitrogens with one attached hydrogen (secondary N) is 1. The molecule has 0 heterocycles. The van der Waals surface area contributed by atoms with Gasteiger partial charge in [0.25, 0.3) is 5.91 Å². The van der Waals surface area contributed by atoms with Crippen LogP contribution in [0.1, 0.15) is 52.7 Å². The maximum absolute atomic E-state index is 12.1. The molecule has 0 radical (unpaired) electrons. The predicted molar refractivity (Wildman–Crippen MR) is 106 cm³/mol. The van der Waals surface area contributed by atoms with Gasteiger partial charge in [0.1, 0.15) is 0 Å². The molecule has 1 saturated carbocycles. The summed E-state index contributed by atoms with van der Waals surface area (Å²) in [7, 11) is 0. The van der Waals surface area contributed by atoms with Crippen LogP contribution in [0.15, 0.2) is 30.3 Å². The maximum atomic E-state index is 12.1. The van der Waals surface area contributed by atoms with Gasteiger partial charge in [-0.25, -0.2) is 0 Å². The van der Waals surface area contributed by atoms with Gasteiger partial charge in [0.15, 0.2) is 0 Å². The summed E-state index contributed by atoms with van der Waals surface area (Å²) >= 11 is 0. The molecule has 1 aliphatic carbocycles. The van der Waals surface area contributed by atoms with Crippen LogP contribution < -0.4 is 11.1 Å². The van der Waals surface area contributed by atoms with Gasteiger partial charge >= 0.3 is 0 Å². The Morgan fingerprint density at radius 1 is 1.00 bits per heavy atom. The third-order valence-electron chi connectivity index (χ3n) is 5.36. The zero-order valence-electron chi connectivity index (χ0n) is 15.8. The van der Waals surface area contributed by atoms with Crippen molar-refractivity contribution in [1.82, 2.24) is 0 Å². The summed E-state index contributed by atoms with van der Waals surface area (Å²) in [5.74, 6) is -0.422. The van der Waals surface area contributed by atoms with Gasteiger partial charge in [-0.05, 0) is 80.8 Å². The van der Waals surface area contributed by atoms with E-state index in [0.717, 1.165) is 48.1 Å².